The second-order valence-corrected chi connectivity index (χ2v) is 5.04. The molecular weight excluding hydrogens is 260 g/mol. The van der Waals surface area contributed by atoms with Gasteiger partial charge in [-0.2, -0.15) is 0 Å². The number of aliphatic hydroxyl groups excluding tert-OH is 1. The monoisotopic (exact) mass is 275 g/mol. The number of benzene rings is 1. The zero-order valence-electron chi connectivity index (χ0n) is 10.2. The smallest absolute Gasteiger partial charge is 0.232 e. The van der Waals surface area contributed by atoms with Gasteiger partial charge >= 0.3 is 0 Å². The van der Waals surface area contributed by atoms with E-state index < -0.39 is 17.7 Å². The van der Waals surface area contributed by atoms with Gasteiger partial charge in [-0.25, -0.2) is 8.78 Å². The highest BCUT2D eigenvalue weighted by molar-refractivity contribution is 8.00. The number of hydrogen-bond donors (Lipinski definition) is 1. The summed E-state index contributed by atoms with van der Waals surface area (Å²) in [6.07, 6.45) is -0.591. The van der Waals surface area contributed by atoms with E-state index in [0.29, 0.717) is 4.90 Å². The summed E-state index contributed by atoms with van der Waals surface area (Å²) in [5.41, 5.74) is 0. The third kappa shape index (κ3) is 4.62. The fourth-order valence-corrected chi connectivity index (χ4v) is 2.18. The predicted molar refractivity (Wildman–Crippen MR) is 66.4 cm³/mol. The van der Waals surface area contributed by atoms with Crippen LogP contribution in [0, 0.1) is 11.6 Å². The van der Waals surface area contributed by atoms with Crippen LogP contribution < -0.4 is 0 Å². The average Bonchev–Trinajstić information content (AvgIpc) is 2.29. The van der Waals surface area contributed by atoms with Crippen LogP contribution in [0.1, 0.15) is 6.92 Å². The Morgan fingerprint density at radius 3 is 2.67 bits per heavy atom. The second-order valence-electron chi connectivity index (χ2n) is 3.99. The summed E-state index contributed by atoms with van der Waals surface area (Å²) in [7, 11) is 1.58. The van der Waals surface area contributed by atoms with Crippen LogP contribution in [-0.4, -0.2) is 41.4 Å². The molecule has 1 rings (SSSR count). The lowest BCUT2D eigenvalue weighted by molar-refractivity contribution is -0.128. The van der Waals surface area contributed by atoms with Gasteiger partial charge in [0.25, 0.3) is 0 Å². The number of halogens is 2. The van der Waals surface area contributed by atoms with E-state index in [1.807, 2.05) is 0 Å². The molecule has 0 saturated carbocycles. The first-order valence-corrected chi connectivity index (χ1v) is 6.38. The fraction of sp³-hybridized carbons (Fsp3) is 0.417. The molecule has 0 saturated heterocycles. The lowest BCUT2D eigenvalue weighted by Gasteiger charge is -2.18. The zero-order chi connectivity index (χ0) is 13.7. The SMILES string of the molecule is CC(O)CN(C)C(=O)CSc1ccc(F)c(F)c1. The Morgan fingerprint density at radius 2 is 2.11 bits per heavy atom. The van der Waals surface area contributed by atoms with Gasteiger partial charge in [-0.1, -0.05) is 0 Å². The highest BCUT2D eigenvalue weighted by atomic mass is 32.2. The maximum atomic E-state index is 12.9. The molecule has 0 spiro atoms. The van der Waals surface area contributed by atoms with Crippen molar-refractivity contribution in [3.05, 3.63) is 29.8 Å². The Balaban J connectivity index is 2.49. The number of nitrogens with zero attached hydrogens (tertiary/aromatic N) is 1. The lowest BCUT2D eigenvalue weighted by Crippen LogP contribution is -2.34. The molecule has 0 bridgehead atoms. The minimum atomic E-state index is -0.926. The van der Waals surface area contributed by atoms with Crippen molar-refractivity contribution in [2.24, 2.45) is 0 Å². The maximum Gasteiger partial charge on any atom is 0.232 e. The highest BCUT2D eigenvalue weighted by Crippen LogP contribution is 2.20. The Hall–Kier alpha value is -1.14. The molecule has 0 fully saturated rings. The second kappa shape index (κ2) is 6.70. The summed E-state index contributed by atoms with van der Waals surface area (Å²) >= 11 is 1.13. The summed E-state index contributed by atoms with van der Waals surface area (Å²) in [5.74, 6) is -1.89. The summed E-state index contributed by atoms with van der Waals surface area (Å²) in [5, 5.41) is 9.13. The fourth-order valence-electron chi connectivity index (χ4n) is 1.32. The van der Waals surface area contributed by atoms with E-state index in [1.54, 1.807) is 14.0 Å². The summed E-state index contributed by atoms with van der Waals surface area (Å²) in [6.45, 7) is 1.84. The molecule has 1 atom stereocenters. The Labute approximate surface area is 109 Å². The van der Waals surface area contributed by atoms with E-state index in [0.717, 1.165) is 23.9 Å². The number of hydrogen-bond acceptors (Lipinski definition) is 3. The number of rotatable bonds is 5. The first-order valence-electron chi connectivity index (χ1n) is 5.40. The molecule has 1 aromatic carbocycles. The van der Waals surface area contributed by atoms with E-state index >= 15 is 0 Å². The predicted octanol–water partition coefficient (Wildman–Crippen LogP) is 1.90. The summed E-state index contributed by atoms with van der Waals surface area (Å²) in [4.78, 5) is 13.5. The van der Waals surface area contributed by atoms with Crippen LogP contribution in [0.3, 0.4) is 0 Å². The van der Waals surface area contributed by atoms with Crippen molar-refractivity contribution in [2.45, 2.75) is 17.9 Å². The third-order valence-corrected chi connectivity index (χ3v) is 3.20. The molecule has 0 radical (unpaired) electrons. The van der Waals surface area contributed by atoms with Crippen LogP contribution in [0.4, 0.5) is 8.78 Å². The van der Waals surface area contributed by atoms with Crippen molar-refractivity contribution in [3.63, 3.8) is 0 Å². The van der Waals surface area contributed by atoms with Crippen LogP contribution in [0.15, 0.2) is 23.1 Å². The van der Waals surface area contributed by atoms with E-state index in [-0.39, 0.29) is 18.2 Å². The van der Waals surface area contributed by atoms with Crippen molar-refractivity contribution in [1.29, 1.82) is 0 Å². The number of likely N-dealkylation sites (N-methyl/N-ethyl adjacent to an activating group) is 1. The number of aliphatic hydroxyl groups is 1. The zero-order valence-corrected chi connectivity index (χ0v) is 11.0. The standard InChI is InChI=1S/C12H15F2NO2S/c1-8(16)6-15(2)12(17)7-18-9-3-4-10(13)11(14)5-9/h3-5,8,16H,6-7H2,1-2H3. The normalized spacial score (nSPS) is 12.3. The molecule has 0 aliphatic carbocycles. The Bertz CT molecular complexity index is 427. The lowest BCUT2D eigenvalue weighted by atomic mass is 10.3. The maximum absolute atomic E-state index is 12.9. The Morgan fingerprint density at radius 1 is 1.44 bits per heavy atom. The summed E-state index contributed by atoms with van der Waals surface area (Å²) < 4.78 is 25.6. The number of carbonyl (C=O) groups is 1. The van der Waals surface area contributed by atoms with E-state index in [2.05, 4.69) is 0 Å². The van der Waals surface area contributed by atoms with Crippen molar-refractivity contribution >= 4 is 17.7 Å². The number of thioether (sulfide) groups is 1. The van der Waals surface area contributed by atoms with Crippen LogP contribution in [-0.2, 0) is 4.79 Å². The molecule has 1 aromatic rings. The first-order chi connectivity index (χ1) is 8.40. The van der Waals surface area contributed by atoms with Gasteiger partial charge in [-0.3, -0.25) is 4.79 Å². The Kier molecular flexibility index (Phi) is 5.55. The van der Waals surface area contributed by atoms with Gasteiger partial charge in [-0.15, -0.1) is 11.8 Å². The average molecular weight is 275 g/mol. The molecule has 18 heavy (non-hydrogen) atoms. The van der Waals surface area contributed by atoms with Crippen molar-refractivity contribution in [3.8, 4) is 0 Å². The molecule has 1 N–H and O–H groups in total. The largest absolute Gasteiger partial charge is 0.392 e. The highest BCUT2D eigenvalue weighted by Gasteiger charge is 2.12. The van der Waals surface area contributed by atoms with Gasteiger partial charge in [0, 0.05) is 18.5 Å². The molecule has 3 nitrogen and oxygen atoms in total. The van der Waals surface area contributed by atoms with Crippen LogP contribution in [0.25, 0.3) is 0 Å². The van der Waals surface area contributed by atoms with E-state index in [4.69, 9.17) is 5.11 Å². The quantitative estimate of drug-likeness (QED) is 0.834. The minimum absolute atomic E-state index is 0.119. The molecule has 100 valence electrons. The van der Waals surface area contributed by atoms with Crippen LogP contribution >= 0.6 is 11.8 Å². The van der Waals surface area contributed by atoms with Gasteiger partial charge in [0.15, 0.2) is 11.6 Å². The number of carbonyl (C=O) groups excluding carboxylic acids is 1. The summed E-state index contributed by atoms with van der Waals surface area (Å²) in [6, 6.07) is 3.51. The van der Waals surface area contributed by atoms with Gasteiger partial charge in [-0.05, 0) is 25.1 Å². The molecule has 0 aliphatic rings. The van der Waals surface area contributed by atoms with E-state index in [1.165, 1.54) is 11.0 Å². The van der Waals surface area contributed by atoms with E-state index in [9.17, 15) is 13.6 Å². The number of amides is 1. The molecule has 0 heterocycles. The topological polar surface area (TPSA) is 40.5 Å². The van der Waals surface area contributed by atoms with Crippen molar-refractivity contribution < 1.29 is 18.7 Å². The molecule has 1 amide bonds. The minimum Gasteiger partial charge on any atom is -0.392 e. The van der Waals surface area contributed by atoms with Gasteiger partial charge < -0.3 is 10.0 Å². The molecular formula is C12H15F2NO2S. The first kappa shape index (κ1) is 14.9. The third-order valence-electron chi connectivity index (χ3n) is 2.22. The molecule has 1 unspecified atom stereocenters. The van der Waals surface area contributed by atoms with Gasteiger partial charge in [0.1, 0.15) is 0 Å². The van der Waals surface area contributed by atoms with Crippen LogP contribution in [0.2, 0.25) is 0 Å². The molecule has 0 aliphatic heterocycles. The molecule has 6 heteroatoms. The van der Waals surface area contributed by atoms with Crippen molar-refractivity contribution in [2.75, 3.05) is 19.3 Å². The van der Waals surface area contributed by atoms with Gasteiger partial charge in [0.2, 0.25) is 5.91 Å². The van der Waals surface area contributed by atoms with Crippen LogP contribution in [0.5, 0.6) is 0 Å². The molecule has 0 aromatic heterocycles. The van der Waals surface area contributed by atoms with Crippen molar-refractivity contribution in [1.82, 2.24) is 4.90 Å². The van der Waals surface area contributed by atoms with Gasteiger partial charge in [0.05, 0.1) is 11.9 Å².